The normalized spacial score (nSPS) is 12.7. The number of carbonyl (C=O) groups is 2. The van der Waals surface area contributed by atoms with E-state index in [1.54, 1.807) is 37.1 Å². The number of rotatable bonds is 14. The smallest absolute Gasteiger partial charge is 0.247 e. The van der Waals surface area contributed by atoms with Gasteiger partial charge in [-0.3, -0.25) is 9.59 Å². The van der Waals surface area contributed by atoms with Gasteiger partial charge in [0.2, 0.25) is 28.6 Å². The molecule has 0 fully saturated rings. The zero-order valence-corrected chi connectivity index (χ0v) is 26.6. The molecule has 0 radical (unpaired) electrons. The van der Waals surface area contributed by atoms with Crippen molar-refractivity contribution >= 4 is 21.8 Å². The molecule has 4 aromatic rings. The predicted octanol–water partition coefficient (Wildman–Crippen LogP) is 4.74. The number of amides is 2. The Morgan fingerprint density at radius 1 is 0.870 bits per heavy atom. The van der Waals surface area contributed by atoms with Gasteiger partial charge in [-0.2, -0.15) is 0 Å². The molecule has 0 saturated heterocycles. The number of sulfonamides is 1. The molecule has 0 aromatic heterocycles. The van der Waals surface area contributed by atoms with E-state index in [0.29, 0.717) is 29.2 Å². The highest BCUT2D eigenvalue weighted by Crippen LogP contribution is 2.33. The lowest BCUT2D eigenvalue weighted by Gasteiger charge is -2.32. The second-order valence-corrected chi connectivity index (χ2v) is 12.5. The number of fused-ring (bicyclic) bond motifs is 1. The number of benzene rings is 4. The molecular weight excluding hydrogens is 606 g/mol. The van der Waals surface area contributed by atoms with E-state index < -0.39 is 16.1 Å². The van der Waals surface area contributed by atoms with Crippen LogP contribution in [0.15, 0.2) is 102 Å². The number of aryl methyl sites for hydroxylation is 1. The van der Waals surface area contributed by atoms with Crippen LogP contribution in [0.25, 0.3) is 0 Å². The summed E-state index contributed by atoms with van der Waals surface area (Å²) in [7, 11) is -2.00. The number of hydrogen-bond donors (Lipinski definition) is 2. The van der Waals surface area contributed by atoms with Gasteiger partial charge in [-0.05, 0) is 65.1 Å². The minimum absolute atomic E-state index is 0.105. The van der Waals surface area contributed by atoms with Crippen LogP contribution in [0, 0.1) is 0 Å². The zero-order chi connectivity index (χ0) is 32.5. The highest BCUT2D eigenvalue weighted by atomic mass is 32.2. The summed E-state index contributed by atoms with van der Waals surface area (Å²) in [6, 6.07) is 27.6. The monoisotopic (exact) mass is 643 g/mol. The minimum Gasteiger partial charge on any atom is -0.497 e. The van der Waals surface area contributed by atoms with Crippen LogP contribution in [0.5, 0.6) is 17.2 Å². The molecule has 0 bridgehead atoms. The van der Waals surface area contributed by atoms with Gasteiger partial charge < -0.3 is 24.4 Å². The number of methoxy groups -OCH3 is 1. The van der Waals surface area contributed by atoms with Crippen molar-refractivity contribution in [1.29, 1.82) is 0 Å². The molecule has 11 heteroatoms. The van der Waals surface area contributed by atoms with Crippen LogP contribution in [0.4, 0.5) is 0 Å². The molecule has 0 spiro atoms. The molecule has 2 N–H and O–H groups in total. The molecule has 4 aromatic carbocycles. The lowest BCUT2D eigenvalue weighted by molar-refractivity contribution is -0.141. The van der Waals surface area contributed by atoms with Crippen LogP contribution < -0.4 is 24.2 Å². The fraction of sp³-hybridized carbons (Fsp3) is 0.257. The first-order valence-corrected chi connectivity index (χ1v) is 16.5. The first-order chi connectivity index (χ1) is 22.3. The van der Waals surface area contributed by atoms with E-state index in [2.05, 4.69) is 10.0 Å². The Hall–Kier alpha value is -4.87. The first kappa shape index (κ1) is 32.5. The summed E-state index contributed by atoms with van der Waals surface area (Å²) in [5, 5.41) is 3.02. The molecule has 1 aliphatic heterocycles. The molecule has 0 saturated carbocycles. The Morgan fingerprint density at radius 3 is 2.24 bits per heavy atom. The molecule has 1 heterocycles. The summed E-state index contributed by atoms with van der Waals surface area (Å²) in [4.78, 5) is 29.8. The highest BCUT2D eigenvalue weighted by Gasteiger charge is 2.31. The summed E-state index contributed by atoms with van der Waals surface area (Å²) in [5.41, 5.74) is 3.14. The van der Waals surface area contributed by atoms with Crippen molar-refractivity contribution < 1.29 is 32.2 Å². The lowest BCUT2D eigenvalue weighted by Crippen LogP contribution is -2.43. The topological polar surface area (TPSA) is 123 Å². The lowest BCUT2D eigenvalue weighted by atomic mass is 10.0. The molecule has 0 unspecified atom stereocenters. The summed E-state index contributed by atoms with van der Waals surface area (Å²) in [5.74, 6) is 1.40. The van der Waals surface area contributed by atoms with Crippen molar-refractivity contribution in [3.05, 3.63) is 119 Å². The van der Waals surface area contributed by atoms with Crippen LogP contribution in [0.1, 0.15) is 41.6 Å². The molecule has 0 aliphatic carbocycles. The third-order valence-electron chi connectivity index (χ3n) is 7.61. The molecule has 1 aliphatic rings. The Bertz CT molecular complexity index is 1750. The van der Waals surface area contributed by atoms with E-state index in [4.69, 9.17) is 14.2 Å². The van der Waals surface area contributed by atoms with Gasteiger partial charge in [0.1, 0.15) is 11.8 Å². The van der Waals surface area contributed by atoms with Gasteiger partial charge in [0.15, 0.2) is 11.5 Å². The maximum atomic E-state index is 14.1. The van der Waals surface area contributed by atoms with Crippen molar-refractivity contribution in [1.82, 2.24) is 14.9 Å². The average Bonchev–Trinajstić information content (AvgIpc) is 3.55. The zero-order valence-electron chi connectivity index (χ0n) is 25.8. The number of nitrogens with one attached hydrogen (secondary N) is 2. The third-order valence-corrected chi connectivity index (χ3v) is 9.17. The number of carbonyl (C=O) groups excluding carboxylic acids is 2. The standard InChI is InChI=1S/C35H37N3O7S/c1-3-37-46(41,42)30-17-11-25(12-18-30)14-20-33(39)38(23-26-9-15-29(43-2)16-10-26)34(28-7-5-4-6-8-28)35(40)36-22-27-13-19-31-32(21-27)45-24-44-31/h4-13,15-19,21,34,37H,3,14,20,22-24H2,1-2H3,(H,36,40)/t34-/m1/s1. The SMILES string of the molecule is CCNS(=O)(=O)c1ccc(CCC(=O)N(Cc2ccc(OC)cc2)[C@@H](C(=O)NCc2ccc3c(c2)OCO3)c2ccccc2)cc1. The second-order valence-electron chi connectivity index (χ2n) is 10.7. The van der Waals surface area contributed by atoms with E-state index in [9.17, 15) is 18.0 Å². The molecular formula is C35H37N3O7S. The van der Waals surface area contributed by atoms with E-state index in [0.717, 1.165) is 16.7 Å². The van der Waals surface area contributed by atoms with Gasteiger partial charge in [-0.1, -0.05) is 67.6 Å². The van der Waals surface area contributed by atoms with Crippen LogP contribution in [0.3, 0.4) is 0 Å². The number of nitrogens with zero attached hydrogens (tertiary/aromatic N) is 1. The fourth-order valence-corrected chi connectivity index (χ4v) is 6.24. The fourth-order valence-electron chi connectivity index (χ4n) is 5.20. The van der Waals surface area contributed by atoms with Crippen LogP contribution in [0.2, 0.25) is 0 Å². The van der Waals surface area contributed by atoms with Gasteiger partial charge in [-0.25, -0.2) is 13.1 Å². The Labute approximate surface area is 269 Å². The van der Waals surface area contributed by atoms with E-state index in [-0.39, 0.29) is 49.6 Å². The van der Waals surface area contributed by atoms with Gasteiger partial charge in [0.05, 0.1) is 12.0 Å². The van der Waals surface area contributed by atoms with Crippen LogP contribution in [-0.4, -0.2) is 45.6 Å². The molecule has 1 atom stereocenters. The van der Waals surface area contributed by atoms with Crippen LogP contribution >= 0.6 is 0 Å². The Balaban J connectivity index is 1.39. The van der Waals surface area contributed by atoms with Gasteiger partial charge in [0.25, 0.3) is 0 Å². The molecule has 5 rings (SSSR count). The van der Waals surface area contributed by atoms with E-state index in [1.165, 1.54) is 12.1 Å². The van der Waals surface area contributed by atoms with Crippen molar-refractivity contribution in [2.45, 2.75) is 43.8 Å². The molecule has 240 valence electrons. The van der Waals surface area contributed by atoms with Crippen LogP contribution in [-0.2, 0) is 39.1 Å². The maximum Gasteiger partial charge on any atom is 0.247 e. The third kappa shape index (κ3) is 8.04. The van der Waals surface area contributed by atoms with Crippen molar-refractivity contribution in [2.24, 2.45) is 0 Å². The van der Waals surface area contributed by atoms with Crippen molar-refractivity contribution in [2.75, 3.05) is 20.4 Å². The van der Waals surface area contributed by atoms with E-state index >= 15 is 0 Å². The maximum absolute atomic E-state index is 14.1. The van der Waals surface area contributed by atoms with Crippen molar-refractivity contribution in [3.8, 4) is 17.2 Å². The molecule has 2 amide bonds. The quantitative estimate of drug-likeness (QED) is 0.204. The summed E-state index contributed by atoms with van der Waals surface area (Å²) in [6.45, 7) is 2.57. The Kier molecular flexibility index (Phi) is 10.6. The molecule has 10 nitrogen and oxygen atoms in total. The Morgan fingerprint density at radius 2 is 1.54 bits per heavy atom. The van der Waals surface area contributed by atoms with Crippen molar-refractivity contribution in [3.63, 3.8) is 0 Å². The predicted molar refractivity (Wildman–Crippen MR) is 173 cm³/mol. The summed E-state index contributed by atoms with van der Waals surface area (Å²) < 4.78 is 43.4. The van der Waals surface area contributed by atoms with Gasteiger partial charge >= 0.3 is 0 Å². The second kappa shape index (κ2) is 14.9. The average molecular weight is 644 g/mol. The largest absolute Gasteiger partial charge is 0.497 e. The highest BCUT2D eigenvalue weighted by molar-refractivity contribution is 7.89. The van der Waals surface area contributed by atoms with E-state index in [1.807, 2.05) is 66.7 Å². The van der Waals surface area contributed by atoms with Gasteiger partial charge in [0, 0.05) is 26.1 Å². The van der Waals surface area contributed by atoms with Gasteiger partial charge in [-0.15, -0.1) is 0 Å². The summed E-state index contributed by atoms with van der Waals surface area (Å²) in [6.07, 6.45) is 0.466. The number of hydrogen-bond acceptors (Lipinski definition) is 7. The first-order valence-electron chi connectivity index (χ1n) is 15.0. The minimum atomic E-state index is -3.58. The summed E-state index contributed by atoms with van der Waals surface area (Å²) >= 11 is 0. The number of ether oxygens (including phenoxy) is 3. The molecule has 46 heavy (non-hydrogen) atoms.